The van der Waals surface area contributed by atoms with Crippen molar-refractivity contribution in [3.05, 3.63) is 64.8 Å². The van der Waals surface area contributed by atoms with Gasteiger partial charge >= 0.3 is 6.18 Å². The minimum Gasteiger partial charge on any atom is -0.484 e. The van der Waals surface area contributed by atoms with Crippen LogP contribution >= 0.6 is 15.9 Å². The van der Waals surface area contributed by atoms with Gasteiger partial charge in [0.2, 0.25) is 0 Å². The number of aromatic nitrogens is 2. The topological polar surface area (TPSA) is 78.5 Å². The Balaban J connectivity index is 1.51. The molecule has 7 nitrogen and oxygen atoms in total. The lowest BCUT2D eigenvalue weighted by Gasteiger charge is -2.07. The van der Waals surface area contributed by atoms with Gasteiger partial charge in [-0.25, -0.2) is 4.68 Å². The number of benzene rings is 1. The average Bonchev–Trinajstić information content (AvgIpc) is 3.30. The number of nitrogens with zero attached hydrogens (tertiary/aromatic N) is 2. The lowest BCUT2D eigenvalue weighted by atomic mass is 10.3. The van der Waals surface area contributed by atoms with Crippen molar-refractivity contribution in [1.29, 1.82) is 0 Å². The molecule has 154 valence electrons. The number of anilines is 1. The molecule has 0 saturated carbocycles. The van der Waals surface area contributed by atoms with Crippen molar-refractivity contribution in [2.24, 2.45) is 0 Å². The van der Waals surface area contributed by atoms with Crippen LogP contribution < -0.4 is 10.1 Å². The number of hydrogen-bond donors (Lipinski definition) is 1. The van der Waals surface area contributed by atoms with Gasteiger partial charge in [0.15, 0.2) is 5.76 Å². The summed E-state index contributed by atoms with van der Waals surface area (Å²) >= 11 is 3.37. The van der Waals surface area contributed by atoms with Gasteiger partial charge < -0.3 is 19.2 Å². The Kier molecular flexibility index (Phi) is 6.60. The molecule has 2 heterocycles. The minimum absolute atomic E-state index is 0.0526. The predicted octanol–water partition coefficient (Wildman–Crippen LogP) is 4.61. The quantitative estimate of drug-likeness (QED) is 0.516. The Morgan fingerprint density at radius 1 is 1.24 bits per heavy atom. The summed E-state index contributed by atoms with van der Waals surface area (Å²) in [5, 5.41) is 6.35. The Morgan fingerprint density at radius 2 is 2.03 bits per heavy atom. The molecule has 0 aliphatic heterocycles. The molecule has 3 aromatic rings. The molecule has 0 radical (unpaired) electrons. The first kappa shape index (κ1) is 20.9. The number of carbonyl (C=O) groups excluding carboxylic acids is 1. The van der Waals surface area contributed by atoms with Gasteiger partial charge in [-0.15, -0.1) is 0 Å². The lowest BCUT2D eigenvalue weighted by Crippen LogP contribution is -2.18. The number of rotatable bonds is 8. The number of amides is 1. The van der Waals surface area contributed by atoms with E-state index < -0.39 is 25.4 Å². The Morgan fingerprint density at radius 3 is 2.79 bits per heavy atom. The number of hydrogen-bond acceptors (Lipinski definition) is 5. The van der Waals surface area contributed by atoms with Crippen molar-refractivity contribution in [3.8, 4) is 5.75 Å². The van der Waals surface area contributed by atoms with E-state index in [0.717, 1.165) is 9.15 Å². The maximum absolute atomic E-state index is 12.2. The predicted molar refractivity (Wildman–Crippen MR) is 99.4 cm³/mol. The van der Waals surface area contributed by atoms with Crippen LogP contribution in [0.5, 0.6) is 5.75 Å². The molecule has 0 unspecified atom stereocenters. The highest BCUT2D eigenvalue weighted by Gasteiger charge is 2.27. The summed E-state index contributed by atoms with van der Waals surface area (Å²) < 4.78 is 53.7. The summed E-state index contributed by atoms with van der Waals surface area (Å²) in [4.78, 5) is 12.2. The fourth-order valence-corrected chi connectivity index (χ4v) is 2.63. The number of alkyl halides is 3. The molecule has 0 aliphatic rings. The van der Waals surface area contributed by atoms with Crippen LogP contribution in [0.4, 0.5) is 18.9 Å². The number of ether oxygens (including phenoxy) is 2. The van der Waals surface area contributed by atoms with E-state index in [2.05, 4.69) is 31.1 Å². The summed E-state index contributed by atoms with van der Waals surface area (Å²) in [5.74, 6) is 0.599. The third-order valence-corrected chi connectivity index (χ3v) is 4.13. The van der Waals surface area contributed by atoms with E-state index in [1.165, 1.54) is 18.5 Å². The van der Waals surface area contributed by atoms with E-state index in [9.17, 15) is 18.0 Å². The fourth-order valence-electron chi connectivity index (χ4n) is 2.23. The van der Waals surface area contributed by atoms with Crippen LogP contribution in [0.3, 0.4) is 0 Å². The third kappa shape index (κ3) is 6.36. The van der Waals surface area contributed by atoms with Gasteiger partial charge in [0.05, 0.1) is 22.6 Å². The van der Waals surface area contributed by atoms with Gasteiger partial charge in [-0.3, -0.25) is 4.79 Å². The maximum Gasteiger partial charge on any atom is 0.411 e. The molecule has 3 rings (SSSR count). The molecule has 0 saturated heterocycles. The van der Waals surface area contributed by atoms with Crippen LogP contribution in [0.2, 0.25) is 0 Å². The first-order valence-corrected chi connectivity index (χ1v) is 9.04. The average molecular weight is 474 g/mol. The van der Waals surface area contributed by atoms with Crippen LogP contribution in [0.15, 0.2) is 57.7 Å². The molecule has 0 bridgehead atoms. The van der Waals surface area contributed by atoms with Gasteiger partial charge in [-0.2, -0.15) is 18.3 Å². The molecule has 29 heavy (non-hydrogen) atoms. The summed E-state index contributed by atoms with van der Waals surface area (Å²) in [5.41, 5.74) is 0.285. The van der Waals surface area contributed by atoms with Crippen molar-refractivity contribution >= 4 is 27.5 Å². The van der Waals surface area contributed by atoms with Gasteiger partial charge in [0.25, 0.3) is 5.91 Å². The Bertz CT molecular complexity index is 971. The molecule has 0 atom stereocenters. The molecule has 0 spiro atoms. The second-order valence-electron chi connectivity index (χ2n) is 5.80. The number of para-hydroxylation sites is 1. The van der Waals surface area contributed by atoms with Crippen LogP contribution in [-0.2, 0) is 18.1 Å². The highest BCUT2D eigenvalue weighted by molar-refractivity contribution is 9.10. The molecular weight excluding hydrogens is 459 g/mol. The van der Waals surface area contributed by atoms with E-state index in [4.69, 9.17) is 9.15 Å². The normalized spacial score (nSPS) is 11.4. The molecular formula is C18H15BrF3N3O4. The van der Waals surface area contributed by atoms with E-state index in [0.29, 0.717) is 11.5 Å². The third-order valence-electron chi connectivity index (χ3n) is 3.47. The van der Waals surface area contributed by atoms with Gasteiger partial charge in [0.1, 0.15) is 31.5 Å². The summed E-state index contributed by atoms with van der Waals surface area (Å²) in [7, 11) is 0. The first-order valence-electron chi connectivity index (χ1n) is 8.24. The van der Waals surface area contributed by atoms with Crippen molar-refractivity contribution in [2.45, 2.75) is 19.5 Å². The van der Waals surface area contributed by atoms with E-state index in [1.54, 1.807) is 12.1 Å². The lowest BCUT2D eigenvalue weighted by molar-refractivity contribution is -0.182. The van der Waals surface area contributed by atoms with Gasteiger partial charge in [-0.05, 0) is 40.2 Å². The molecule has 11 heteroatoms. The van der Waals surface area contributed by atoms with Gasteiger partial charge in [-0.1, -0.05) is 12.1 Å². The molecule has 1 amide bonds. The number of nitrogens with one attached hydrogen (secondary N) is 1. The van der Waals surface area contributed by atoms with Crippen molar-refractivity contribution < 1.29 is 31.9 Å². The largest absolute Gasteiger partial charge is 0.484 e. The molecule has 2 aromatic heterocycles. The standard InChI is InChI=1S/C18H15BrF3N3O4/c19-14-3-1-2-4-15(14)28-9-13-5-6-16(29-13)17(26)24-12-7-23-25(8-12)11-27-10-18(20,21)22/h1-8H,9-11H2,(H,24,26). The van der Waals surface area contributed by atoms with Crippen molar-refractivity contribution in [3.63, 3.8) is 0 Å². The number of halogens is 4. The van der Waals surface area contributed by atoms with E-state index in [1.807, 2.05) is 18.2 Å². The summed E-state index contributed by atoms with van der Waals surface area (Å²) in [6, 6.07) is 10.4. The van der Waals surface area contributed by atoms with E-state index >= 15 is 0 Å². The van der Waals surface area contributed by atoms with Crippen LogP contribution in [0.1, 0.15) is 16.3 Å². The monoisotopic (exact) mass is 473 g/mol. The fraction of sp³-hybridized carbons (Fsp3) is 0.222. The first-order chi connectivity index (χ1) is 13.8. The summed E-state index contributed by atoms with van der Waals surface area (Å²) in [6.07, 6.45) is -1.79. The number of carbonyl (C=O) groups is 1. The zero-order valence-electron chi connectivity index (χ0n) is 14.8. The second kappa shape index (κ2) is 9.14. The van der Waals surface area contributed by atoms with E-state index in [-0.39, 0.29) is 18.1 Å². The van der Waals surface area contributed by atoms with Crippen LogP contribution in [0.25, 0.3) is 0 Å². The van der Waals surface area contributed by atoms with Crippen molar-refractivity contribution in [2.75, 3.05) is 11.9 Å². The Hall–Kier alpha value is -2.79. The zero-order chi connectivity index (χ0) is 20.9. The minimum atomic E-state index is -4.42. The number of furan rings is 1. The molecule has 0 fully saturated rings. The molecule has 1 N–H and O–H groups in total. The SMILES string of the molecule is O=C(Nc1cnn(COCC(F)(F)F)c1)c1ccc(COc2ccccc2Br)o1. The summed E-state index contributed by atoms with van der Waals surface area (Å²) in [6.45, 7) is -1.65. The second-order valence-corrected chi connectivity index (χ2v) is 6.65. The molecule has 1 aromatic carbocycles. The van der Waals surface area contributed by atoms with Gasteiger partial charge in [0, 0.05) is 0 Å². The van der Waals surface area contributed by atoms with Crippen molar-refractivity contribution in [1.82, 2.24) is 9.78 Å². The highest BCUT2D eigenvalue weighted by Crippen LogP contribution is 2.25. The highest BCUT2D eigenvalue weighted by atomic mass is 79.9. The Labute approximate surface area is 171 Å². The molecule has 0 aliphatic carbocycles. The maximum atomic E-state index is 12.2. The zero-order valence-corrected chi connectivity index (χ0v) is 16.4. The van der Waals surface area contributed by atoms with Crippen LogP contribution in [0, 0.1) is 0 Å². The smallest absolute Gasteiger partial charge is 0.411 e. The van der Waals surface area contributed by atoms with Crippen LogP contribution in [-0.4, -0.2) is 28.5 Å².